The van der Waals surface area contributed by atoms with Crippen LogP contribution in [0.15, 0.2) is 24.3 Å². The molecule has 1 aromatic carbocycles. The third kappa shape index (κ3) is 2.91. The van der Waals surface area contributed by atoms with Crippen LogP contribution in [-0.2, 0) is 10.1 Å². The zero-order valence-electron chi connectivity index (χ0n) is 8.55. The number of aliphatic hydroxyl groups excluding tert-OH is 1. The maximum absolute atomic E-state index is 12.1. The van der Waals surface area contributed by atoms with Gasteiger partial charge in [0.2, 0.25) is 0 Å². The molecule has 9 heteroatoms. The number of hydrogen-bond donors (Lipinski definition) is 1. The van der Waals surface area contributed by atoms with E-state index in [1.807, 2.05) is 0 Å². The van der Waals surface area contributed by atoms with Gasteiger partial charge in [0.25, 0.3) is 0 Å². The molecular weight excluding hydrogens is 275 g/mol. The van der Waals surface area contributed by atoms with Gasteiger partial charge in [-0.15, -0.1) is 0 Å². The van der Waals surface area contributed by atoms with Gasteiger partial charge in [-0.3, -0.25) is 0 Å². The standard InChI is InChI=1S/C9H6F3NO4S/c10-9(11,12)18(15,16)17-8-4-2-1-3-6(8)7(14)5-13/h1-4,7,14H. The largest absolute Gasteiger partial charge is 0.534 e. The number of benzene rings is 1. The lowest BCUT2D eigenvalue weighted by Crippen LogP contribution is -2.28. The van der Waals surface area contributed by atoms with Crippen molar-refractivity contribution < 1.29 is 30.9 Å². The summed E-state index contributed by atoms with van der Waals surface area (Å²) in [5, 5.41) is 17.6. The van der Waals surface area contributed by atoms with E-state index < -0.39 is 27.5 Å². The van der Waals surface area contributed by atoms with Crippen molar-refractivity contribution in [2.24, 2.45) is 0 Å². The smallest absolute Gasteiger partial charge is 0.376 e. The fourth-order valence-electron chi connectivity index (χ4n) is 1.02. The monoisotopic (exact) mass is 281 g/mol. The molecule has 1 unspecified atom stereocenters. The van der Waals surface area contributed by atoms with Crippen molar-refractivity contribution in [1.82, 2.24) is 0 Å². The lowest BCUT2D eigenvalue weighted by molar-refractivity contribution is -0.0500. The van der Waals surface area contributed by atoms with Crippen molar-refractivity contribution in [2.45, 2.75) is 11.6 Å². The minimum atomic E-state index is -5.84. The molecule has 0 bridgehead atoms. The molecule has 18 heavy (non-hydrogen) atoms. The summed E-state index contributed by atoms with van der Waals surface area (Å²) in [6, 6.07) is 5.84. The highest BCUT2D eigenvalue weighted by molar-refractivity contribution is 7.88. The zero-order chi connectivity index (χ0) is 14.0. The molecule has 5 nitrogen and oxygen atoms in total. The first-order valence-corrected chi connectivity index (χ1v) is 5.77. The summed E-state index contributed by atoms with van der Waals surface area (Å²) in [4.78, 5) is 0. The summed E-state index contributed by atoms with van der Waals surface area (Å²) in [6.07, 6.45) is -1.79. The van der Waals surface area contributed by atoms with Gasteiger partial charge in [-0.05, 0) is 6.07 Å². The van der Waals surface area contributed by atoms with Crippen molar-refractivity contribution in [1.29, 1.82) is 5.26 Å². The molecule has 1 N–H and O–H groups in total. The maximum Gasteiger partial charge on any atom is 0.534 e. The highest BCUT2D eigenvalue weighted by atomic mass is 32.2. The molecule has 0 spiro atoms. The van der Waals surface area contributed by atoms with E-state index in [9.17, 15) is 26.7 Å². The Balaban J connectivity index is 3.18. The zero-order valence-corrected chi connectivity index (χ0v) is 9.36. The summed E-state index contributed by atoms with van der Waals surface area (Å²) in [7, 11) is -5.84. The number of para-hydroxylation sites is 1. The second-order valence-electron chi connectivity index (χ2n) is 3.05. The fraction of sp³-hybridized carbons (Fsp3) is 0.222. The van der Waals surface area contributed by atoms with Crippen LogP contribution in [0.2, 0.25) is 0 Å². The number of hydrogen-bond acceptors (Lipinski definition) is 5. The topological polar surface area (TPSA) is 87.4 Å². The Kier molecular flexibility index (Phi) is 3.83. The molecule has 0 fully saturated rings. The number of halogens is 3. The van der Waals surface area contributed by atoms with Crippen LogP contribution in [-0.4, -0.2) is 19.0 Å². The minimum absolute atomic E-state index is 0.368. The van der Waals surface area contributed by atoms with Gasteiger partial charge in [0.15, 0.2) is 6.10 Å². The van der Waals surface area contributed by atoms with Gasteiger partial charge in [-0.25, -0.2) is 0 Å². The summed E-state index contributed by atoms with van der Waals surface area (Å²) >= 11 is 0. The molecule has 0 aromatic heterocycles. The average Bonchev–Trinajstić information content (AvgIpc) is 2.26. The molecular formula is C9H6F3NO4S. The summed E-state index contributed by atoms with van der Waals surface area (Å²) < 4.78 is 61.7. The summed E-state index contributed by atoms with van der Waals surface area (Å²) in [5.41, 5.74) is -5.95. The molecule has 0 heterocycles. The Labute approximate surface area is 100 Å². The Morgan fingerprint density at radius 3 is 2.39 bits per heavy atom. The van der Waals surface area contributed by atoms with Crippen LogP contribution in [0.1, 0.15) is 11.7 Å². The van der Waals surface area contributed by atoms with E-state index in [2.05, 4.69) is 4.18 Å². The van der Waals surface area contributed by atoms with Gasteiger partial charge in [0.1, 0.15) is 5.75 Å². The third-order valence-electron chi connectivity index (χ3n) is 1.82. The van der Waals surface area contributed by atoms with Gasteiger partial charge in [-0.1, -0.05) is 18.2 Å². The van der Waals surface area contributed by atoms with Gasteiger partial charge < -0.3 is 9.29 Å². The number of nitriles is 1. The molecule has 0 aliphatic heterocycles. The Hall–Kier alpha value is -1.79. The minimum Gasteiger partial charge on any atom is -0.376 e. The molecule has 0 amide bonds. The van der Waals surface area contributed by atoms with Gasteiger partial charge in [0, 0.05) is 5.56 Å². The van der Waals surface area contributed by atoms with E-state index in [4.69, 9.17) is 5.26 Å². The molecule has 0 aliphatic carbocycles. The Morgan fingerprint density at radius 2 is 1.89 bits per heavy atom. The Morgan fingerprint density at radius 1 is 1.33 bits per heavy atom. The van der Waals surface area contributed by atoms with E-state index in [-0.39, 0.29) is 5.56 Å². The number of alkyl halides is 3. The summed E-state index contributed by atoms with van der Waals surface area (Å²) in [6.45, 7) is 0. The van der Waals surface area contributed by atoms with Crippen LogP contribution in [0.4, 0.5) is 13.2 Å². The van der Waals surface area contributed by atoms with Crippen molar-refractivity contribution >= 4 is 10.1 Å². The van der Waals surface area contributed by atoms with Crippen molar-refractivity contribution in [3.8, 4) is 11.8 Å². The molecule has 0 radical (unpaired) electrons. The van der Waals surface area contributed by atoms with Gasteiger partial charge in [-0.2, -0.15) is 26.9 Å². The van der Waals surface area contributed by atoms with E-state index in [1.165, 1.54) is 18.2 Å². The van der Waals surface area contributed by atoms with E-state index in [0.717, 1.165) is 12.1 Å². The van der Waals surface area contributed by atoms with Crippen molar-refractivity contribution in [2.75, 3.05) is 0 Å². The lowest BCUT2D eigenvalue weighted by atomic mass is 10.1. The Bertz CT molecular complexity index is 576. The van der Waals surface area contributed by atoms with Crippen LogP contribution in [0.3, 0.4) is 0 Å². The quantitative estimate of drug-likeness (QED) is 0.515. The molecule has 98 valence electrons. The highest BCUT2D eigenvalue weighted by Crippen LogP contribution is 2.31. The van der Waals surface area contributed by atoms with Crippen LogP contribution < -0.4 is 4.18 Å². The average molecular weight is 281 g/mol. The fourth-order valence-corrected chi connectivity index (χ4v) is 1.50. The molecule has 1 rings (SSSR count). The number of aliphatic hydroxyl groups is 1. The van der Waals surface area contributed by atoms with Gasteiger partial charge in [0.05, 0.1) is 6.07 Å². The SMILES string of the molecule is N#CC(O)c1ccccc1OS(=O)(=O)C(F)(F)F. The van der Waals surface area contributed by atoms with Crippen molar-refractivity contribution in [3.05, 3.63) is 29.8 Å². The van der Waals surface area contributed by atoms with Crippen molar-refractivity contribution in [3.63, 3.8) is 0 Å². The predicted molar refractivity (Wildman–Crippen MR) is 52.6 cm³/mol. The first-order valence-electron chi connectivity index (χ1n) is 4.36. The van der Waals surface area contributed by atoms with Crippen LogP contribution >= 0.6 is 0 Å². The van der Waals surface area contributed by atoms with Crippen LogP contribution in [0, 0.1) is 11.3 Å². The molecule has 0 saturated heterocycles. The first-order chi connectivity index (χ1) is 8.19. The maximum atomic E-state index is 12.1. The molecule has 1 aromatic rings. The molecule has 0 aliphatic rings. The van der Waals surface area contributed by atoms with E-state index in [1.54, 1.807) is 0 Å². The van der Waals surface area contributed by atoms with E-state index in [0.29, 0.717) is 0 Å². The van der Waals surface area contributed by atoms with E-state index >= 15 is 0 Å². The normalized spacial score (nSPS) is 13.7. The number of rotatable bonds is 3. The second kappa shape index (κ2) is 4.83. The molecule has 1 atom stereocenters. The predicted octanol–water partition coefficient (Wildman–Crippen LogP) is 1.47. The van der Waals surface area contributed by atoms with Gasteiger partial charge >= 0.3 is 15.6 Å². The first kappa shape index (κ1) is 14.3. The number of nitrogens with zero attached hydrogens (tertiary/aromatic N) is 1. The second-order valence-corrected chi connectivity index (χ2v) is 4.59. The van der Waals surface area contributed by atoms with Crippen LogP contribution in [0.5, 0.6) is 5.75 Å². The highest BCUT2D eigenvalue weighted by Gasteiger charge is 2.48. The third-order valence-corrected chi connectivity index (χ3v) is 2.78. The van der Waals surface area contributed by atoms with Crippen LogP contribution in [0.25, 0.3) is 0 Å². The molecule has 0 saturated carbocycles. The lowest BCUT2D eigenvalue weighted by Gasteiger charge is -2.13. The summed E-state index contributed by atoms with van der Waals surface area (Å²) in [5.74, 6) is -0.746.